The number of hydrogen-bond acceptors (Lipinski definition) is 8. The van der Waals surface area contributed by atoms with Gasteiger partial charge in [0.1, 0.15) is 11.5 Å². The molecule has 10 nitrogen and oxygen atoms in total. The summed E-state index contributed by atoms with van der Waals surface area (Å²) >= 11 is 0. The summed E-state index contributed by atoms with van der Waals surface area (Å²) in [4.78, 5) is 38.2. The highest BCUT2D eigenvalue weighted by molar-refractivity contribution is 5.92. The lowest BCUT2D eigenvalue weighted by atomic mass is 10.1. The number of carboxylic acid groups (broad SMARTS) is 1. The fourth-order valence-electron chi connectivity index (χ4n) is 3.51. The van der Waals surface area contributed by atoms with Crippen LogP contribution in [0.5, 0.6) is 5.88 Å². The van der Waals surface area contributed by atoms with Gasteiger partial charge in [0.05, 0.1) is 24.8 Å². The Morgan fingerprint density at radius 2 is 2.16 bits per heavy atom. The van der Waals surface area contributed by atoms with Gasteiger partial charge in [-0.3, -0.25) is 9.59 Å². The third-order valence-corrected chi connectivity index (χ3v) is 5.23. The van der Waals surface area contributed by atoms with Gasteiger partial charge in [-0.05, 0) is 44.0 Å². The fourth-order valence-corrected chi connectivity index (χ4v) is 3.51. The molecule has 2 unspecified atom stereocenters. The van der Waals surface area contributed by atoms with E-state index in [9.17, 15) is 14.7 Å². The summed E-state index contributed by atoms with van der Waals surface area (Å²) < 4.78 is 5.08. The molecule has 0 aliphatic carbocycles. The van der Waals surface area contributed by atoms with E-state index in [1.807, 2.05) is 4.90 Å². The topological polar surface area (TPSA) is 138 Å². The highest BCUT2D eigenvalue weighted by atomic mass is 16.5. The predicted molar refractivity (Wildman–Crippen MR) is 110 cm³/mol. The van der Waals surface area contributed by atoms with Gasteiger partial charge >= 0.3 is 5.97 Å². The van der Waals surface area contributed by atoms with Crippen LogP contribution in [0, 0.1) is 12.8 Å². The van der Waals surface area contributed by atoms with Gasteiger partial charge in [0.25, 0.3) is 5.91 Å². The minimum atomic E-state index is -0.874. The monoisotopic (exact) mass is 429 g/mol. The first-order valence-electron chi connectivity index (χ1n) is 10.1. The third kappa shape index (κ3) is 6.19. The Hall–Kier alpha value is -3.11. The minimum Gasteiger partial charge on any atom is -0.481 e. The van der Waals surface area contributed by atoms with E-state index in [-0.39, 0.29) is 24.1 Å². The molecule has 0 aromatic carbocycles. The first kappa shape index (κ1) is 22.6. The zero-order valence-electron chi connectivity index (χ0n) is 17.6. The van der Waals surface area contributed by atoms with E-state index in [0.29, 0.717) is 49.9 Å². The molecule has 1 aliphatic rings. The highest BCUT2D eigenvalue weighted by Crippen LogP contribution is 2.20. The van der Waals surface area contributed by atoms with Crippen LogP contribution in [0.1, 0.15) is 46.5 Å². The van der Waals surface area contributed by atoms with Crippen LogP contribution in [-0.4, -0.2) is 68.7 Å². The summed E-state index contributed by atoms with van der Waals surface area (Å²) in [6, 6.07) is 4.99. The number of aromatic nitrogens is 3. The van der Waals surface area contributed by atoms with Crippen molar-refractivity contribution in [2.45, 2.75) is 32.4 Å². The molecule has 0 bridgehead atoms. The van der Waals surface area contributed by atoms with Crippen LogP contribution in [0.25, 0.3) is 0 Å². The zero-order valence-corrected chi connectivity index (χ0v) is 17.6. The van der Waals surface area contributed by atoms with Crippen molar-refractivity contribution in [3.05, 3.63) is 47.2 Å². The maximum absolute atomic E-state index is 12.6. The molecule has 3 rings (SSSR count). The van der Waals surface area contributed by atoms with Crippen LogP contribution in [0.3, 0.4) is 0 Å². The zero-order chi connectivity index (χ0) is 22.4. The lowest BCUT2D eigenvalue weighted by Crippen LogP contribution is -2.26. The van der Waals surface area contributed by atoms with Crippen LogP contribution in [0.4, 0.5) is 0 Å². The number of aryl methyl sites for hydroxylation is 1. The second-order valence-electron chi connectivity index (χ2n) is 7.54. The number of aliphatic hydroxyl groups is 1. The molecule has 166 valence electrons. The number of rotatable bonds is 9. The quantitative estimate of drug-likeness (QED) is 0.532. The number of pyridine rings is 1. The third-order valence-electron chi connectivity index (χ3n) is 5.23. The number of ether oxygens (including phenoxy) is 1. The summed E-state index contributed by atoms with van der Waals surface area (Å²) in [5.41, 5.74) is 1.38. The predicted octanol–water partition coefficient (Wildman–Crippen LogP) is 0.949. The molecule has 1 amide bonds. The maximum Gasteiger partial charge on any atom is 0.307 e. The van der Waals surface area contributed by atoms with Crippen molar-refractivity contribution in [2.24, 2.45) is 5.92 Å². The summed E-state index contributed by atoms with van der Waals surface area (Å²) in [5, 5.41) is 22.5. The molecule has 0 spiro atoms. The van der Waals surface area contributed by atoms with Crippen LogP contribution in [-0.2, 0) is 11.3 Å². The van der Waals surface area contributed by atoms with E-state index in [4.69, 9.17) is 9.84 Å². The number of aliphatic carboxylic acids is 1. The molecule has 2 aromatic rings. The van der Waals surface area contributed by atoms with E-state index >= 15 is 0 Å². The van der Waals surface area contributed by atoms with Crippen molar-refractivity contribution in [3.8, 4) is 5.88 Å². The Balaban J connectivity index is 1.58. The van der Waals surface area contributed by atoms with Gasteiger partial charge in [0.2, 0.25) is 5.88 Å². The largest absolute Gasteiger partial charge is 0.481 e. The molecule has 1 aliphatic heterocycles. The Bertz CT molecular complexity index is 938. The molecule has 3 heterocycles. The fraction of sp³-hybridized carbons (Fsp3) is 0.476. The minimum absolute atomic E-state index is 0.176. The number of nitrogens with zero attached hydrogens (tertiary/aromatic N) is 4. The summed E-state index contributed by atoms with van der Waals surface area (Å²) in [6.07, 6.45) is 1.73. The normalized spacial score (nSPS) is 17.3. The van der Waals surface area contributed by atoms with Crippen molar-refractivity contribution in [3.63, 3.8) is 0 Å². The molecule has 0 saturated carbocycles. The molecule has 31 heavy (non-hydrogen) atoms. The summed E-state index contributed by atoms with van der Waals surface area (Å²) in [7, 11) is 1.52. The number of aliphatic hydroxyl groups excluding tert-OH is 1. The van der Waals surface area contributed by atoms with Crippen LogP contribution in [0.2, 0.25) is 0 Å². The second-order valence-corrected chi connectivity index (χ2v) is 7.54. The number of carbonyl (C=O) groups excluding carboxylic acids is 1. The first-order valence-corrected chi connectivity index (χ1v) is 10.1. The Kier molecular flexibility index (Phi) is 7.48. The number of methoxy groups -OCH3 is 1. The van der Waals surface area contributed by atoms with E-state index in [1.165, 1.54) is 13.2 Å². The van der Waals surface area contributed by atoms with Crippen LogP contribution >= 0.6 is 0 Å². The summed E-state index contributed by atoms with van der Waals surface area (Å²) in [5.74, 6) is -0.662. The number of hydrogen-bond donors (Lipinski definition) is 3. The molecular weight excluding hydrogens is 402 g/mol. The van der Waals surface area contributed by atoms with Gasteiger partial charge in [-0.15, -0.1) is 0 Å². The van der Waals surface area contributed by atoms with Gasteiger partial charge < -0.3 is 25.2 Å². The van der Waals surface area contributed by atoms with E-state index in [1.54, 1.807) is 25.3 Å². The van der Waals surface area contributed by atoms with Gasteiger partial charge in [-0.1, -0.05) is 0 Å². The number of likely N-dealkylation sites (tertiary alicyclic amines) is 1. The van der Waals surface area contributed by atoms with Gasteiger partial charge in [0.15, 0.2) is 0 Å². The first-order chi connectivity index (χ1) is 14.9. The summed E-state index contributed by atoms with van der Waals surface area (Å²) in [6.45, 7) is 3.68. The molecular formula is C21H27N5O5. The molecule has 1 saturated heterocycles. The standard InChI is InChI=1S/C21H27N5O5/c1-13-24-16(18(27)5-8-26-7-4-15(12-26)21(29)30)10-17(25-13)20(28)23-11-14-3-6-22-19(9-14)31-2/h3,6,9-10,15,18,27H,4-5,7-8,11-12H2,1-2H3,(H,23,28)(H,29,30). The number of nitrogens with one attached hydrogen (secondary N) is 1. The molecule has 10 heteroatoms. The smallest absolute Gasteiger partial charge is 0.307 e. The van der Waals surface area contributed by atoms with E-state index in [0.717, 1.165) is 5.56 Å². The average Bonchev–Trinajstić information content (AvgIpc) is 3.25. The lowest BCUT2D eigenvalue weighted by Gasteiger charge is -2.18. The number of amides is 1. The molecule has 2 atom stereocenters. The molecule has 0 radical (unpaired) electrons. The van der Waals surface area contributed by atoms with Crippen molar-refractivity contribution in [1.82, 2.24) is 25.2 Å². The van der Waals surface area contributed by atoms with Crippen LogP contribution in [0.15, 0.2) is 24.4 Å². The SMILES string of the molecule is COc1cc(CNC(=O)c2cc(C(O)CCN3CCC(C(=O)O)C3)nc(C)n2)ccn1. The Morgan fingerprint density at radius 1 is 1.35 bits per heavy atom. The van der Waals surface area contributed by atoms with E-state index < -0.39 is 12.1 Å². The Morgan fingerprint density at radius 3 is 2.87 bits per heavy atom. The molecule has 3 N–H and O–H groups in total. The number of carbonyl (C=O) groups is 2. The van der Waals surface area contributed by atoms with E-state index in [2.05, 4.69) is 20.3 Å². The Labute approximate surface area is 180 Å². The van der Waals surface area contributed by atoms with Crippen molar-refractivity contribution in [2.75, 3.05) is 26.7 Å². The van der Waals surface area contributed by atoms with Crippen LogP contribution < -0.4 is 10.1 Å². The molecule has 2 aromatic heterocycles. The highest BCUT2D eigenvalue weighted by Gasteiger charge is 2.28. The second kappa shape index (κ2) is 10.3. The van der Waals surface area contributed by atoms with Crippen molar-refractivity contribution in [1.29, 1.82) is 0 Å². The average molecular weight is 429 g/mol. The van der Waals surface area contributed by atoms with Crippen molar-refractivity contribution >= 4 is 11.9 Å². The van der Waals surface area contributed by atoms with Gasteiger partial charge in [-0.2, -0.15) is 0 Å². The van der Waals surface area contributed by atoms with Gasteiger partial charge in [0, 0.05) is 31.9 Å². The van der Waals surface area contributed by atoms with Gasteiger partial charge in [-0.25, -0.2) is 15.0 Å². The number of carboxylic acids is 1. The molecule has 1 fully saturated rings. The lowest BCUT2D eigenvalue weighted by molar-refractivity contribution is -0.141. The van der Waals surface area contributed by atoms with Crippen molar-refractivity contribution < 1.29 is 24.5 Å². The maximum atomic E-state index is 12.6.